The molecule has 1 fully saturated rings. The normalized spacial score (nSPS) is 16.7. The molecule has 7 nitrogen and oxygen atoms in total. The van der Waals surface area contributed by atoms with Crippen molar-refractivity contribution in [3.63, 3.8) is 0 Å². The zero-order valence-corrected chi connectivity index (χ0v) is 14.4. The molecule has 0 aromatic carbocycles. The summed E-state index contributed by atoms with van der Waals surface area (Å²) >= 11 is 0. The van der Waals surface area contributed by atoms with Gasteiger partial charge < -0.3 is 10.2 Å². The molecule has 0 spiro atoms. The number of aromatic amines is 1. The molecular formula is C19H20N6O. The Morgan fingerprint density at radius 1 is 1.42 bits per heavy atom. The fourth-order valence-corrected chi connectivity index (χ4v) is 3.09. The molecule has 26 heavy (non-hydrogen) atoms. The summed E-state index contributed by atoms with van der Waals surface area (Å²) in [7, 11) is 0. The quantitative estimate of drug-likeness (QED) is 0.809. The van der Waals surface area contributed by atoms with E-state index in [0.717, 1.165) is 35.5 Å². The third-order valence-corrected chi connectivity index (χ3v) is 4.75. The van der Waals surface area contributed by atoms with Crippen molar-refractivity contribution in [1.29, 1.82) is 5.26 Å². The first-order chi connectivity index (χ1) is 12.7. The highest BCUT2D eigenvalue weighted by Gasteiger charge is 2.25. The van der Waals surface area contributed by atoms with Crippen LogP contribution in [0.15, 0.2) is 30.5 Å². The van der Waals surface area contributed by atoms with E-state index in [2.05, 4.69) is 26.7 Å². The Hall–Kier alpha value is -3.14. The molecule has 0 bridgehead atoms. The van der Waals surface area contributed by atoms with Crippen LogP contribution in [-0.4, -0.2) is 39.1 Å². The average molecular weight is 348 g/mol. The predicted molar refractivity (Wildman–Crippen MR) is 96.9 cm³/mol. The monoisotopic (exact) mass is 348 g/mol. The summed E-state index contributed by atoms with van der Waals surface area (Å²) in [6, 6.07) is 5.78. The van der Waals surface area contributed by atoms with E-state index in [1.165, 1.54) is 12.8 Å². The van der Waals surface area contributed by atoms with Crippen molar-refractivity contribution in [2.45, 2.75) is 31.6 Å². The number of nitrogens with one attached hydrogen (secondary N) is 2. The lowest BCUT2D eigenvalue weighted by Gasteiger charge is -2.20. The maximum atomic E-state index is 12.2. The Kier molecular flexibility index (Phi) is 4.40. The van der Waals surface area contributed by atoms with E-state index in [9.17, 15) is 4.79 Å². The van der Waals surface area contributed by atoms with Crippen LogP contribution in [0.5, 0.6) is 0 Å². The van der Waals surface area contributed by atoms with E-state index >= 15 is 0 Å². The fraction of sp³-hybridized carbons (Fsp3) is 0.368. The van der Waals surface area contributed by atoms with Gasteiger partial charge in [-0.15, -0.1) is 0 Å². The molecular weight excluding hydrogens is 328 g/mol. The third-order valence-electron chi connectivity index (χ3n) is 4.75. The number of rotatable bonds is 5. The van der Waals surface area contributed by atoms with Gasteiger partial charge in [-0.2, -0.15) is 10.4 Å². The largest absolute Gasteiger partial charge is 0.309 e. The van der Waals surface area contributed by atoms with Crippen LogP contribution < -0.4 is 5.32 Å². The Balaban J connectivity index is 1.34. The minimum absolute atomic E-state index is 0.102. The topological polar surface area (TPSA) is 97.7 Å². The fourth-order valence-electron chi connectivity index (χ4n) is 3.09. The minimum atomic E-state index is -0.102. The number of carbonyl (C=O) groups is 1. The lowest BCUT2D eigenvalue weighted by molar-refractivity contribution is -0.115. The van der Waals surface area contributed by atoms with Crippen molar-refractivity contribution in [1.82, 2.24) is 20.1 Å². The number of amides is 1. The summed E-state index contributed by atoms with van der Waals surface area (Å²) in [6.45, 7) is 1.35. The van der Waals surface area contributed by atoms with Crippen molar-refractivity contribution in [2.24, 2.45) is 0 Å². The van der Waals surface area contributed by atoms with Gasteiger partial charge in [-0.25, -0.2) is 0 Å². The Morgan fingerprint density at radius 2 is 2.31 bits per heavy atom. The lowest BCUT2D eigenvalue weighted by Crippen LogP contribution is -2.23. The molecule has 1 aliphatic carbocycles. The molecule has 3 heterocycles. The second-order valence-electron chi connectivity index (χ2n) is 6.78. The number of H-pyrrole nitrogens is 1. The molecule has 0 radical (unpaired) electrons. The van der Waals surface area contributed by atoms with Crippen LogP contribution in [0.3, 0.4) is 0 Å². The Morgan fingerprint density at radius 3 is 2.96 bits per heavy atom. The summed E-state index contributed by atoms with van der Waals surface area (Å²) in [5, 5.41) is 18.8. The third kappa shape index (κ3) is 3.75. The molecule has 1 saturated carbocycles. The van der Waals surface area contributed by atoms with Crippen molar-refractivity contribution in [3.05, 3.63) is 47.4 Å². The molecule has 4 rings (SSSR count). The summed E-state index contributed by atoms with van der Waals surface area (Å²) in [5.41, 5.74) is 4.02. The van der Waals surface area contributed by atoms with Gasteiger partial charge in [0.15, 0.2) is 12.0 Å². The van der Waals surface area contributed by atoms with Crippen molar-refractivity contribution < 1.29 is 4.79 Å². The van der Waals surface area contributed by atoms with E-state index in [-0.39, 0.29) is 12.3 Å². The van der Waals surface area contributed by atoms with Gasteiger partial charge in [0.25, 0.3) is 0 Å². The molecule has 132 valence electrons. The molecule has 2 N–H and O–H groups in total. The van der Waals surface area contributed by atoms with E-state index in [4.69, 9.17) is 5.26 Å². The summed E-state index contributed by atoms with van der Waals surface area (Å²) < 4.78 is 0. The van der Waals surface area contributed by atoms with Gasteiger partial charge in [0.2, 0.25) is 5.91 Å². The first kappa shape index (κ1) is 16.3. The number of hydrogen-bond donors (Lipinski definition) is 2. The van der Waals surface area contributed by atoms with Gasteiger partial charge in [-0.3, -0.25) is 14.9 Å². The van der Waals surface area contributed by atoms with Gasteiger partial charge in [-0.05, 0) is 36.5 Å². The minimum Gasteiger partial charge on any atom is -0.309 e. The smallest absolute Gasteiger partial charge is 0.230 e. The van der Waals surface area contributed by atoms with Crippen molar-refractivity contribution in [2.75, 3.05) is 18.4 Å². The number of carbonyl (C=O) groups excluding carboxylic acids is 1. The lowest BCUT2D eigenvalue weighted by atomic mass is 10.0. The molecule has 0 atom stereocenters. The van der Waals surface area contributed by atoms with Gasteiger partial charge in [0, 0.05) is 37.0 Å². The number of anilines is 1. The number of nitriles is 1. The van der Waals surface area contributed by atoms with Crippen molar-refractivity contribution in [3.8, 4) is 6.19 Å². The standard InChI is InChI=1S/C19H20N6O/c20-12-25-7-5-15(6-8-25)16-4-1-13(11-21-16)9-19(26)22-18-10-17(23-24-18)14-2-3-14/h1,4-5,10-11,14H,2-3,6-9H2,(H2,22,23,24,26). The van der Waals surface area contributed by atoms with Crippen LogP contribution >= 0.6 is 0 Å². The van der Waals surface area contributed by atoms with Crippen LogP contribution in [0.25, 0.3) is 5.57 Å². The molecule has 1 aliphatic heterocycles. The molecule has 2 aromatic heterocycles. The van der Waals surface area contributed by atoms with Crippen LogP contribution in [-0.2, 0) is 11.2 Å². The van der Waals surface area contributed by atoms with Gasteiger partial charge in [0.05, 0.1) is 12.1 Å². The maximum Gasteiger partial charge on any atom is 0.230 e. The zero-order valence-electron chi connectivity index (χ0n) is 14.4. The zero-order chi connectivity index (χ0) is 17.9. The number of aromatic nitrogens is 3. The van der Waals surface area contributed by atoms with Crippen LogP contribution in [0.1, 0.15) is 42.1 Å². The van der Waals surface area contributed by atoms with Gasteiger partial charge in [0.1, 0.15) is 0 Å². The van der Waals surface area contributed by atoms with Crippen LogP contribution in [0.4, 0.5) is 5.82 Å². The number of hydrogen-bond acceptors (Lipinski definition) is 5. The summed E-state index contributed by atoms with van der Waals surface area (Å²) in [6.07, 6.45) is 9.39. The maximum absolute atomic E-state index is 12.2. The highest BCUT2D eigenvalue weighted by molar-refractivity contribution is 5.91. The summed E-state index contributed by atoms with van der Waals surface area (Å²) in [4.78, 5) is 18.4. The molecule has 7 heteroatoms. The molecule has 1 amide bonds. The van der Waals surface area contributed by atoms with Gasteiger partial charge in [-0.1, -0.05) is 12.1 Å². The Labute approximate surface area is 151 Å². The van der Waals surface area contributed by atoms with Crippen molar-refractivity contribution >= 4 is 17.3 Å². The second-order valence-corrected chi connectivity index (χ2v) is 6.78. The first-order valence-corrected chi connectivity index (χ1v) is 8.85. The highest BCUT2D eigenvalue weighted by Crippen LogP contribution is 2.39. The average Bonchev–Trinajstić information content (AvgIpc) is 3.42. The first-order valence-electron chi connectivity index (χ1n) is 8.85. The van der Waals surface area contributed by atoms with Crippen LogP contribution in [0.2, 0.25) is 0 Å². The SMILES string of the molecule is N#CN1CC=C(c2ccc(CC(=O)Nc3cc(C4CC4)[nH]n3)cn2)CC1. The number of pyridine rings is 1. The number of nitrogens with zero attached hydrogens (tertiary/aromatic N) is 4. The molecule has 0 unspecified atom stereocenters. The van der Waals surface area contributed by atoms with Gasteiger partial charge >= 0.3 is 0 Å². The second kappa shape index (κ2) is 7.00. The summed E-state index contributed by atoms with van der Waals surface area (Å²) in [5.74, 6) is 1.06. The van der Waals surface area contributed by atoms with Crippen LogP contribution in [0, 0.1) is 11.5 Å². The van der Waals surface area contributed by atoms with E-state index in [1.807, 2.05) is 24.3 Å². The molecule has 2 aromatic rings. The Bertz CT molecular complexity index is 872. The molecule has 0 saturated heterocycles. The molecule has 2 aliphatic rings. The predicted octanol–water partition coefficient (Wildman–Crippen LogP) is 2.43. The highest BCUT2D eigenvalue weighted by atomic mass is 16.1. The van der Waals surface area contributed by atoms with E-state index in [1.54, 1.807) is 11.1 Å². The van der Waals surface area contributed by atoms with E-state index in [0.29, 0.717) is 18.3 Å². The van der Waals surface area contributed by atoms with E-state index < -0.39 is 0 Å².